The van der Waals surface area contributed by atoms with E-state index in [1.165, 1.54) is 0 Å². The third-order valence-electron chi connectivity index (χ3n) is 3.01. The molecular formula is C16H17NO4. The highest BCUT2D eigenvalue weighted by Gasteiger charge is 2.27. The lowest BCUT2D eigenvalue weighted by molar-refractivity contribution is -0.138. The molecule has 1 heterocycles. The van der Waals surface area contributed by atoms with Gasteiger partial charge in [-0.15, -0.1) is 0 Å². The molecule has 110 valence electrons. The fraction of sp³-hybridized carbons (Fsp3) is 0.250. The molecule has 21 heavy (non-hydrogen) atoms. The van der Waals surface area contributed by atoms with Crippen molar-refractivity contribution in [1.29, 1.82) is 0 Å². The summed E-state index contributed by atoms with van der Waals surface area (Å²) in [5.41, 5.74) is 1.72. The van der Waals surface area contributed by atoms with E-state index >= 15 is 0 Å². The summed E-state index contributed by atoms with van der Waals surface area (Å²) in [6.45, 7) is 3.62. The Labute approximate surface area is 123 Å². The van der Waals surface area contributed by atoms with Crippen LogP contribution in [0.1, 0.15) is 19.4 Å². The molecule has 0 unspecified atom stereocenters. The first-order valence-electron chi connectivity index (χ1n) is 6.59. The Morgan fingerprint density at radius 3 is 2.86 bits per heavy atom. The fourth-order valence-corrected chi connectivity index (χ4v) is 2.03. The standard InChI is InChI=1S/C16H17NO4/c1-4-21-16(19)14-10(2)17-13(15(14)18)9-11-6-5-7-12(8-11)20-3/h5-9,18H,4H2,1-3H3. The highest BCUT2D eigenvalue weighted by Crippen LogP contribution is 2.27. The molecule has 0 aliphatic carbocycles. The molecule has 1 aromatic rings. The zero-order valence-corrected chi connectivity index (χ0v) is 12.2. The van der Waals surface area contributed by atoms with E-state index in [2.05, 4.69) is 4.99 Å². The summed E-state index contributed by atoms with van der Waals surface area (Å²) in [5, 5.41) is 10.2. The van der Waals surface area contributed by atoms with Crippen LogP contribution in [0.2, 0.25) is 0 Å². The zero-order valence-electron chi connectivity index (χ0n) is 12.2. The summed E-state index contributed by atoms with van der Waals surface area (Å²) >= 11 is 0. The SMILES string of the molecule is CCOC(=O)C1=C(O)C(=Cc2cccc(OC)c2)N=C1C. The second-order valence-electron chi connectivity index (χ2n) is 4.45. The van der Waals surface area contributed by atoms with Crippen LogP contribution in [-0.4, -0.2) is 30.5 Å². The van der Waals surface area contributed by atoms with Crippen LogP contribution in [0.3, 0.4) is 0 Å². The van der Waals surface area contributed by atoms with E-state index in [1.54, 1.807) is 27.0 Å². The first-order chi connectivity index (χ1) is 10.1. The number of rotatable bonds is 4. The Morgan fingerprint density at radius 2 is 2.19 bits per heavy atom. The van der Waals surface area contributed by atoms with Gasteiger partial charge in [0, 0.05) is 0 Å². The normalized spacial score (nSPS) is 16.1. The van der Waals surface area contributed by atoms with E-state index in [-0.39, 0.29) is 17.9 Å². The number of carbonyl (C=O) groups is 1. The lowest BCUT2D eigenvalue weighted by Gasteiger charge is -2.03. The Kier molecular flexibility index (Phi) is 4.42. The Hall–Kier alpha value is -2.56. The van der Waals surface area contributed by atoms with Crippen LogP contribution in [0.25, 0.3) is 6.08 Å². The summed E-state index contributed by atoms with van der Waals surface area (Å²) < 4.78 is 10.1. The van der Waals surface area contributed by atoms with Crippen molar-refractivity contribution in [2.45, 2.75) is 13.8 Å². The fourth-order valence-electron chi connectivity index (χ4n) is 2.03. The van der Waals surface area contributed by atoms with E-state index in [1.807, 2.05) is 24.3 Å². The van der Waals surface area contributed by atoms with Gasteiger partial charge in [-0.1, -0.05) is 12.1 Å². The number of benzene rings is 1. The molecule has 5 heteroatoms. The number of hydrogen-bond donors (Lipinski definition) is 1. The Bertz CT molecular complexity index is 656. The molecule has 0 atom stereocenters. The van der Waals surface area contributed by atoms with Crippen molar-refractivity contribution in [3.63, 3.8) is 0 Å². The van der Waals surface area contributed by atoms with Crippen molar-refractivity contribution in [3.05, 3.63) is 46.9 Å². The van der Waals surface area contributed by atoms with Gasteiger partial charge in [-0.05, 0) is 37.6 Å². The number of aliphatic imine (C=N–C) groups is 1. The average Bonchev–Trinajstić information content (AvgIpc) is 2.74. The molecule has 1 aromatic carbocycles. The first kappa shape index (κ1) is 14.8. The van der Waals surface area contributed by atoms with E-state index in [4.69, 9.17) is 9.47 Å². The molecule has 1 N–H and O–H groups in total. The third-order valence-corrected chi connectivity index (χ3v) is 3.01. The van der Waals surface area contributed by atoms with Gasteiger partial charge in [-0.25, -0.2) is 9.79 Å². The van der Waals surface area contributed by atoms with Gasteiger partial charge in [-0.3, -0.25) is 0 Å². The second kappa shape index (κ2) is 6.26. The molecule has 5 nitrogen and oxygen atoms in total. The van der Waals surface area contributed by atoms with Gasteiger partial charge >= 0.3 is 5.97 Å². The van der Waals surface area contributed by atoms with Gasteiger partial charge in [-0.2, -0.15) is 0 Å². The predicted molar refractivity (Wildman–Crippen MR) is 80.4 cm³/mol. The van der Waals surface area contributed by atoms with Crippen LogP contribution >= 0.6 is 0 Å². The van der Waals surface area contributed by atoms with Crippen molar-refractivity contribution in [1.82, 2.24) is 0 Å². The Balaban J connectivity index is 2.37. The highest BCUT2D eigenvalue weighted by molar-refractivity contribution is 6.22. The second-order valence-corrected chi connectivity index (χ2v) is 4.45. The van der Waals surface area contributed by atoms with Crippen molar-refractivity contribution < 1.29 is 19.4 Å². The average molecular weight is 287 g/mol. The lowest BCUT2D eigenvalue weighted by Crippen LogP contribution is -2.13. The molecule has 0 bridgehead atoms. The monoisotopic (exact) mass is 287 g/mol. The van der Waals surface area contributed by atoms with Gasteiger partial charge in [0.25, 0.3) is 0 Å². The zero-order chi connectivity index (χ0) is 15.4. The topological polar surface area (TPSA) is 68.1 Å². The number of carbonyl (C=O) groups excluding carboxylic acids is 1. The molecule has 0 spiro atoms. The van der Waals surface area contributed by atoms with Crippen molar-refractivity contribution in [2.75, 3.05) is 13.7 Å². The van der Waals surface area contributed by atoms with Crippen LogP contribution in [0.4, 0.5) is 0 Å². The third kappa shape index (κ3) is 3.13. The van der Waals surface area contributed by atoms with Crippen LogP contribution in [0, 0.1) is 0 Å². The van der Waals surface area contributed by atoms with Gasteiger partial charge in [0.1, 0.15) is 17.0 Å². The Morgan fingerprint density at radius 1 is 1.43 bits per heavy atom. The largest absolute Gasteiger partial charge is 0.505 e. The number of esters is 1. The van der Waals surface area contributed by atoms with Crippen LogP contribution < -0.4 is 4.74 Å². The van der Waals surface area contributed by atoms with Crippen LogP contribution in [0.5, 0.6) is 5.75 Å². The maximum atomic E-state index is 11.8. The summed E-state index contributed by atoms with van der Waals surface area (Å²) in [5.74, 6) is -0.0174. The first-order valence-corrected chi connectivity index (χ1v) is 6.59. The number of hydrogen-bond acceptors (Lipinski definition) is 5. The van der Waals surface area contributed by atoms with E-state index < -0.39 is 5.97 Å². The van der Waals surface area contributed by atoms with E-state index in [0.717, 1.165) is 5.56 Å². The molecule has 1 aliphatic heterocycles. The molecule has 0 saturated heterocycles. The highest BCUT2D eigenvalue weighted by atomic mass is 16.5. The predicted octanol–water partition coefficient (Wildman–Crippen LogP) is 2.89. The molecule has 0 radical (unpaired) electrons. The maximum Gasteiger partial charge on any atom is 0.343 e. The lowest BCUT2D eigenvalue weighted by atomic mass is 10.1. The van der Waals surface area contributed by atoms with Gasteiger partial charge < -0.3 is 14.6 Å². The van der Waals surface area contributed by atoms with Crippen molar-refractivity contribution >= 4 is 17.8 Å². The number of methoxy groups -OCH3 is 1. The molecular weight excluding hydrogens is 270 g/mol. The minimum atomic E-state index is -0.565. The molecule has 1 aliphatic rings. The van der Waals surface area contributed by atoms with Gasteiger partial charge in [0.05, 0.1) is 19.4 Å². The smallest absolute Gasteiger partial charge is 0.343 e. The van der Waals surface area contributed by atoms with Crippen LogP contribution in [0.15, 0.2) is 46.3 Å². The summed E-state index contributed by atoms with van der Waals surface area (Å²) in [6.07, 6.45) is 1.69. The minimum absolute atomic E-state index is 0.117. The van der Waals surface area contributed by atoms with Crippen LogP contribution in [-0.2, 0) is 9.53 Å². The molecule has 0 saturated carbocycles. The molecule has 0 aromatic heterocycles. The molecule has 0 fully saturated rings. The number of ether oxygens (including phenoxy) is 2. The quantitative estimate of drug-likeness (QED) is 0.865. The number of aliphatic hydroxyl groups excluding tert-OH is 1. The van der Waals surface area contributed by atoms with Gasteiger partial charge in [0.15, 0.2) is 5.76 Å². The number of aliphatic hydroxyl groups is 1. The van der Waals surface area contributed by atoms with Gasteiger partial charge in [0.2, 0.25) is 0 Å². The van der Waals surface area contributed by atoms with Crippen molar-refractivity contribution in [3.8, 4) is 5.75 Å². The van der Waals surface area contributed by atoms with E-state index in [9.17, 15) is 9.90 Å². The summed E-state index contributed by atoms with van der Waals surface area (Å²) in [4.78, 5) is 16.0. The summed E-state index contributed by atoms with van der Waals surface area (Å²) in [6, 6.07) is 7.33. The molecule has 0 amide bonds. The minimum Gasteiger partial charge on any atom is -0.505 e. The summed E-state index contributed by atoms with van der Waals surface area (Å²) in [7, 11) is 1.58. The number of nitrogens with zero attached hydrogens (tertiary/aromatic N) is 1. The van der Waals surface area contributed by atoms with E-state index in [0.29, 0.717) is 17.2 Å². The maximum absolute atomic E-state index is 11.8. The molecule has 2 rings (SSSR count). The van der Waals surface area contributed by atoms with Crippen molar-refractivity contribution in [2.24, 2.45) is 4.99 Å².